The van der Waals surface area contributed by atoms with Crippen LogP contribution in [0.3, 0.4) is 0 Å². The van der Waals surface area contributed by atoms with Crippen molar-refractivity contribution in [2.24, 2.45) is 10.5 Å². The fourth-order valence-electron chi connectivity index (χ4n) is 4.82. The lowest BCUT2D eigenvalue weighted by Gasteiger charge is -2.32. The molecule has 2 aliphatic heterocycles. The number of halogens is 1. The summed E-state index contributed by atoms with van der Waals surface area (Å²) in [6, 6.07) is 13.3. The largest absolute Gasteiger partial charge is 0.497 e. The van der Waals surface area contributed by atoms with Gasteiger partial charge in [0.15, 0.2) is 0 Å². The van der Waals surface area contributed by atoms with E-state index in [1.54, 1.807) is 24.1 Å². The van der Waals surface area contributed by atoms with Gasteiger partial charge in [0, 0.05) is 39.0 Å². The van der Waals surface area contributed by atoms with Gasteiger partial charge in [-0.3, -0.25) is 14.5 Å². The molecular weight excluding hydrogens is 499 g/mol. The fourth-order valence-corrected chi connectivity index (χ4v) is 4.82. The average Bonchev–Trinajstić information content (AvgIpc) is 3.36. The predicted molar refractivity (Wildman–Crippen MR) is 148 cm³/mol. The molecule has 2 aromatic rings. The van der Waals surface area contributed by atoms with E-state index >= 15 is 0 Å². The number of methoxy groups -OCH3 is 1. The summed E-state index contributed by atoms with van der Waals surface area (Å²) in [7, 11) is 1.61. The first-order valence-electron chi connectivity index (χ1n) is 13.5. The maximum Gasteiger partial charge on any atom is 0.262 e. The summed E-state index contributed by atoms with van der Waals surface area (Å²) in [6.07, 6.45) is 0.818. The van der Waals surface area contributed by atoms with Crippen molar-refractivity contribution < 1.29 is 23.5 Å². The lowest BCUT2D eigenvalue weighted by atomic mass is 9.91. The number of carbonyl (C=O) groups excluding carboxylic acids is 2. The molecule has 0 aromatic heterocycles. The van der Waals surface area contributed by atoms with Gasteiger partial charge in [0.25, 0.3) is 5.91 Å². The van der Waals surface area contributed by atoms with Crippen molar-refractivity contribution in [3.05, 3.63) is 65.5 Å². The Balaban J connectivity index is 1.57. The summed E-state index contributed by atoms with van der Waals surface area (Å²) in [5.74, 6) is 0.0692. The Morgan fingerprint density at radius 1 is 1.08 bits per heavy atom. The molecule has 0 aliphatic carbocycles. The monoisotopic (exact) mass is 538 g/mol. The molecule has 4 rings (SSSR count). The summed E-state index contributed by atoms with van der Waals surface area (Å²) >= 11 is 0. The highest BCUT2D eigenvalue weighted by atomic mass is 19.1. The van der Waals surface area contributed by atoms with Gasteiger partial charge in [0.1, 0.15) is 18.1 Å². The van der Waals surface area contributed by atoms with Crippen LogP contribution in [0.15, 0.2) is 53.6 Å². The van der Waals surface area contributed by atoms with E-state index in [-0.39, 0.29) is 29.6 Å². The molecule has 0 radical (unpaired) electrons. The first-order valence-corrected chi connectivity index (χ1v) is 13.5. The Morgan fingerprint density at radius 3 is 2.36 bits per heavy atom. The molecule has 210 valence electrons. The number of rotatable bonds is 9. The maximum absolute atomic E-state index is 13.8. The van der Waals surface area contributed by atoms with Crippen molar-refractivity contribution in [1.82, 2.24) is 14.8 Å². The first-order chi connectivity index (χ1) is 18.6. The van der Waals surface area contributed by atoms with Crippen LogP contribution >= 0.6 is 0 Å². The molecular formula is C30H39FN4O4. The number of hydrazone groups is 1. The molecule has 1 fully saturated rings. The zero-order chi connectivity index (χ0) is 28.0. The van der Waals surface area contributed by atoms with Crippen molar-refractivity contribution in [3.63, 3.8) is 0 Å². The molecule has 1 saturated heterocycles. The Bertz CT molecular complexity index is 1150. The number of hydrogen-bond acceptors (Lipinski definition) is 6. The van der Waals surface area contributed by atoms with E-state index < -0.39 is 6.04 Å². The van der Waals surface area contributed by atoms with E-state index in [9.17, 15) is 14.0 Å². The van der Waals surface area contributed by atoms with Gasteiger partial charge in [0.05, 0.1) is 32.1 Å². The number of morpholine rings is 1. The van der Waals surface area contributed by atoms with Crippen molar-refractivity contribution >= 4 is 17.5 Å². The van der Waals surface area contributed by atoms with Crippen molar-refractivity contribution in [3.8, 4) is 5.75 Å². The van der Waals surface area contributed by atoms with Crippen LogP contribution in [0, 0.1) is 11.2 Å². The Morgan fingerprint density at radius 2 is 1.74 bits per heavy atom. The minimum Gasteiger partial charge on any atom is -0.497 e. The number of nitrogens with zero attached hydrogens (tertiary/aromatic N) is 4. The molecule has 0 unspecified atom stereocenters. The zero-order valence-electron chi connectivity index (χ0n) is 23.4. The number of carbonyl (C=O) groups is 2. The van der Waals surface area contributed by atoms with Gasteiger partial charge in [-0.25, -0.2) is 9.40 Å². The van der Waals surface area contributed by atoms with Crippen LogP contribution in [0.4, 0.5) is 4.39 Å². The normalized spacial score (nSPS) is 18.1. The van der Waals surface area contributed by atoms with Gasteiger partial charge >= 0.3 is 0 Å². The van der Waals surface area contributed by atoms with Crippen molar-refractivity contribution in [2.75, 3.05) is 53.0 Å². The van der Waals surface area contributed by atoms with Crippen molar-refractivity contribution in [2.45, 2.75) is 39.7 Å². The summed E-state index contributed by atoms with van der Waals surface area (Å²) in [4.78, 5) is 31.1. The summed E-state index contributed by atoms with van der Waals surface area (Å²) < 4.78 is 24.4. The molecule has 2 amide bonds. The van der Waals surface area contributed by atoms with Crippen LogP contribution in [0.5, 0.6) is 5.75 Å². The predicted octanol–water partition coefficient (Wildman–Crippen LogP) is 4.11. The number of ether oxygens (including phenoxy) is 2. The summed E-state index contributed by atoms with van der Waals surface area (Å²) in [5, 5.41) is 6.20. The maximum atomic E-state index is 13.8. The third-order valence-corrected chi connectivity index (χ3v) is 6.99. The van der Waals surface area contributed by atoms with Crippen LogP contribution in [-0.4, -0.2) is 85.4 Å². The van der Waals surface area contributed by atoms with E-state index in [0.717, 1.165) is 35.7 Å². The molecule has 2 heterocycles. The van der Waals surface area contributed by atoms with Gasteiger partial charge in [-0.15, -0.1) is 0 Å². The lowest BCUT2D eigenvalue weighted by Crippen LogP contribution is -2.47. The Labute approximate surface area is 230 Å². The topological polar surface area (TPSA) is 74.7 Å². The smallest absolute Gasteiger partial charge is 0.262 e. The molecule has 0 saturated carbocycles. The molecule has 1 atom stereocenters. The Hall–Kier alpha value is -3.30. The number of hydrogen-bond donors (Lipinski definition) is 0. The molecule has 39 heavy (non-hydrogen) atoms. The molecule has 0 N–H and O–H groups in total. The Kier molecular flexibility index (Phi) is 9.35. The van der Waals surface area contributed by atoms with Gasteiger partial charge in [-0.1, -0.05) is 32.9 Å². The second kappa shape index (κ2) is 12.7. The van der Waals surface area contributed by atoms with Crippen LogP contribution in [0.2, 0.25) is 0 Å². The average molecular weight is 539 g/mol. The van der Waals surface area contributed by atoms with Gasteiger partial charge in [-0.05, 0) is 52.9 Å². The SMILES string of the molecule is COc1ccc(C2=NN(C(=O)CN(CCN3CCOCC3)C(=O)CC(C)(C)C)[C@H](c3ccc(F)cc3)C2)cc1. The van der Waals surface area contributed by atoms with E-state index in [2.05, 4.69) is 4.90 Å². The fraction of sp³-hybridized carbons (Fsp3) is 0.500. The number of benzene rings is 2. The van der Waals surface area contributed by atoms with Crippen LogP contribution < -0.4 is 4.74 Å². The zero-order valence-corrected chi connectivity index (χ0v) is 23.4. The third kappa shape index (κ3) is 7.86. The van der Waals surface area contributed by atoms with Gasteiger partial charge in [-0.2, -0.15) is 5.10 Å². The van der Waals surface area contributed by atoms with E-state index in [1.165, 1.54) is 17.1 Å². The highest BCUT2D eigenvalue weighted by molar-refractivity contribution is 6.03. The standard InChI is InChI=1S/C30H39FN4O4/c1-30(2,3)20-28(36)34(14-13-33-15-17-39-18-16-33)21-29(37)35-27(23-5-9-24(31)10-6-23)19-26(32-35)22-7-11-25(38-4)12-8-22/h5-12,27H,13-21H2,1-4H3/t27-/m0/s1. The molecule has 0 bridgehead atoms. The minimum absolute atomic E-state index is 0.0546. The van der Waals surface area contributed by atoms with Gasteiger partial charge in [0.2, 0.25) is 5.91 Å². The lowest BCUT2D eigenvalue weighted by molar-refractivity contribution is -0.142. The molecule has 9 heteroatoms. The highest BCUT2D eigenvalue weighted by Gasteiger charge is 2.35. The van der Waals surface area contributed by atoms with Crippen LogP contribution in [0.1, 0.15) is 50.8 Å². The summed E-state index contributed by atoms with van der Waals surface area (Å²) in [5.41, 5.74) is 2.21. The van der Waals surface area contributed by atoms with Crippen LogP contribution in [-0.2, 0) is 14.3 Å². The van der Waals surface area contributed by atoms with E-state index in [4.69, 9.17) is 14.6 Å². The highest BCUT2D eigenvalue weighted by Crippen LogP contribution is 2.33. The van der Waals surface area contributed by atoms with E-state index in [1.807, 2.05) is 45.0 Å². The molecule has 2 aliphatic rings. The quantitative estimate of drug-likeness (QED) is 0.481. The van der Waals surface area contributed by atoms with Crippen molar-refractivity contribution in [1.29, 1.82) is 0 Å². The molecule has 2 aromatic carbocycles. The number of amides is 2. The third-order valence-electron chi connectivity index (χ3n) is 6.99. The first kappa shape index (κ1) is 28.7. The molecule has 0 spiro atoms. The second-order valence-electron chi connectivity index (χ2n) is 11.3. The second-order valence-corrected chi connectivity index (χ2v) is 11.3. The summed E-state index contributed by atoms with van der Waals surface area (Å²) in [6.45, 7) is 10.1. The van der Waals surface area contributed by atoms with Gasteiger partial charge < -0.3 is 14.4 Å². The van der Waals surface area contributed by atoms with E-state index in [0.29, 0.717) is 39.1 Å². The molecule has 8 nitrogen and oxygen atoms in total. The van der Waals surface area contributed by atoms with Crippen LogP contribution in [0.25, 0.3) is 0 Å². The minimum atomic E-state index is -0.394.